The minimum atomic E-state index is -0.476. The summed E-state index contributed by atoms with van der Waals surface area (Å²) in [5.74, 6) is -0.952. The lowest BCUT2D eigenvalue weighted by Crippen LogP contribution is -2.30. The van der Waals surface area contributed by atoms with Crippen LogP contribution in [0.2, 0.25) is 0 Å². The molecule has 1 rings (SSSR count). The molecule has 2 atom stereocenters. The highest BCUT2D eigenvalue weighted by atomic mass is 19.1. The molecule has 0 amide bonds. The van der Waals surface area contributed by atoms with Crippen LogP contribution >= 0.6 is 0 Å². The molecule has 0 aliphatic heterocycles. The molecular weight excluding hydrogens is 232 g/mol. The highest BCUT2D eigenvalue weighted by Crippen LogP contribution is 2.21. The molecule has 18 heavy (non-hydrogen) atoms. The molecule has 1 N–H and O–H groups in total. The van der Waals surface area contributed by atoms with Gasteiger partial charge < -0.3 is 5.32 Å². The van der Waals surface area contributed by atoms with Crippen LogP contribution in [-0.4, -0.2) is 6.04 Å². The number of unbranched alkanes of at least 4 members (excludes halogenated alkanes) is 2. The molecule has 0 spiro atoms. The van der Waals surface area contributed by atoms with Crippen molar-refractivity contribution in [3.05, 3.63) is 35.4 Å². The van der Waals surface area contributed by atoms with E-state index in [9.17, 15) is 8.78 Å². The summed E-state index contributed by atoms with van der Waals surface area (Å²) in [6, 6.07) is 3.97. The molecular formula is C15H23F2N. The van der Waals surface area contributed by atoms with Gasteiger partial charge in [0.25, 0.3) is 0 Å². The number of benzene rings is 1. The average Bonchev–Trinajstić information content (AvgIpc) is 2.29. The van der Waals surface area contributed by atoms with Gasteiger partial charge in [0, 0.05) is 17.6 Å². The first-order valence-electron chi connectivity index (χ1n) is 6.76. The maximum Gasteiger partial charge on any atom is 0.130 e. The molecule has 1 nitrogen and oxygen atoms in total. The number of halogens is 2. The highest BCUT2D eigenvalue weighted by Gasteiger charge is 2.17. The topological polar surface area (TPSA) is 12.0 Å². The summed E-state index contributed by atoms with van der Waals surface area (Å²) in [5, 5.41) is 3.26. The molecule has 3 heteroatoms. The third-order valence-corrected chi connectivity index (χ3v) is 3.21. The first kappa shape index (κ1) is 15.1. The van der Waals surface area contributed by atoms with Gasteiger partial charge in [-0.15, -0.1) is 0 Å². The van der Waals surface area contributed by atoms with Gasteiger partial charge in [-0.25, -0.2) is 8.78 Å². The lowest BCUT2D eigenvalue weighted by molar-refractivity contribution is 0.416. The minimum Gasteiger partial charge on any atom is -0.308 e. The predicted molar refractivity (Wildman–Crippen MR) is 71.5 cm³/mol. The van der Waals surface area contributed by atoms with E-state index in [4.69, 9.17) is 0 Å². The van der Waals surface area contributed by atoms with Gasteiger partial charge in [0.1, 0.15) is 11.6 Å². The minimum absolute atomic E-state index is 0.139. The van der Waals surface area contributed by atoms with Crippen molar-refractivity contribution < 1.29 is 8.78 Å². The van der Waals surface area contributed by atoms with Crippen LogP contribution in [0.1, 0.15) is 58.1 Å². The molecule has 0 aliphatic rings. The van der Waals surface area contributed by atoms with Crippen molar-refractivity contribution in [2.24, 2.45) is 0 Å². The molecule has 1 aromatic carbocycles. The molecule has 0 saturated heterocycles. The van der Waals surface area contributed by atoms with Crippen LogP contribution in [0, 0.1) is 11.6 Å². The summed E-state index contributed by atoms with van der Waals surface area (Å²) in [5.41, 5.74) is 0.139. The smallest absolute Gasteiger partial charge is 0.130 e. The monoisotopic (exact) mass is 255 g/mol. The van der Waals surface area contributed by atoms with Crippen LogP contribution in [0.4, 0.5) is 8.78 Å². The Balaban J connectivity index is 2.56. The van der Waals surface area contributed by atoms with E-state index in [-0.39, 0.29) is 17.6 Å². The lowest BCUT2D eigenvalue weighted by Gasteiger charge is -2.21. The van der Waals surface area contributed by atoms with Crippen molar-refractivity contribution in [1.82, 2.24) is 5.32 Å². The van der Waals surface area contributed by atoms with E-state index >= 15 is 0 Å². The summed E-state index contributed by atoms with van der Waals surface area (Å²) in [7, 11) is 0. The summed E-state index contributed by atoms with van der Waals surface area (Å²) in [4.78, 5) is 0. The van der Waals surface area contributed by atoms with Crippen molar-refractivity contribution in [1.29, 1.82) is 0 Å². The van der Waals surface area contributed by atoms with E-state index in [1.165, 1.54) is 31.0 Å². The maximum absolute atomic E-state index is 13.6. The Labute approximate surface area is 109 Å². The van der Waals surface area contributed by atoms with Crippen LogP contribution in [0.5, 0.6) is 0 Å². The van der Waals surface area contributed by atoms with Gasteiger partial charge in [-0.2, -0.15) is 0 Å². The van der Waals surface area contributed by atoms with Crippen molar-refractivity contribution in [3.8, 4) is 0 Å². The van der Waals surface area contributed by atoms with E-state index in [1.54, 1.807) is 6.92 Å². The van der Waals surface area contributed by atoms with Crippen LogP contribution in [0.15, 0.2) is 18.2 Å². The quantitative estimate of drug-likeness (QED) is 0.703. The Morgan fingerprint density at radius 3 is 2.28 bits per heavy atom. The number of rotatable bonds is 7. The van der Waals surface area contributed by atoms with Gasteiger partial charge in [-0.05, 0) is 32.4 Å². The van der Waals surface area contributed by atoms with Crippen molar-refractivity contribution in [3.63, 3.8) is 0 Å². The van der Waals surface area contributed by atoms with Crippen LogP contribution in [0.3, 0.4) is 0 Å². The fourth-order valence-electron chi connectivity index (χ4n) is 2.22. The first-order chi connectivity index (χ1) is 8.56. The van der Waals surface area contributed by atoms with Crippen molar-refractivity contribution >= 4 is 0 Å². The standard InChI is InChI=1S/C15H23F2N/c1-4-5-6-8-11(2)18-12(3)15-13(16)9-7-10-14(15)17/h7,9-12,18H,4-6,8H2,1-3H3. The molecule has 0 bridgehead atoms. The first-order valence-corrected chi connectivity index (χ1v) is 6.76. The summed E-state index contributed by atoms with van der Waals surface area (Å²) in [6.45, 7) is 6.03. The fraction of sp³-hybridized carbons (Fsp3) is 0.600. The fourth-order valence-corrected chi connectivity index (χ4v) is 2.22. The number of nitrogens with one attached hydrogen (secondary N) is 1. The van der Waals surface area contributed by atoms with E-state index < -0.39 is 11.6 Å². The zero-order chi connectivity index (χ0) is 13.5. The molecule has 0 heterocycles. The molecule has 0 saturated carbocycles. The van der Waals surface area contributed by atoms with E-state index in [0.29, 0.717) is 0 Å². The molecule has 0 radical (unpaired) electrons. The molecule has 0 aromatic heterocycles. The normalized spacial score (nSPS) is 14.5. The SMILES string of the molecule is CCCCCC(C)NC(C)c1c(F)cccc1F. The Bertz CT molecular complexity index is 345. The third-order valence-electron chi connectivity index (χ3n) is 3.21. The van der Waals surface area contributed by atoms with Gasteiger partial charge in [0.15, 0.2) is 0 Å². The summed E-state index contributed by atoms with van der Waals surface area (Å²) < 4.78 is 27.2. The summed E-state index contributed by atoms with van der Waals surface area (Å²) in [6.07, 6.45) is 4.57. The van der Waals surface area contributed by atoms with E-state index in [1.807, 2.05) is 0 Å². The highest BCUT2D eigenvalue weighted by molar-refractivity contribution is 5.22. The predicted octanol–water partition coefficient (Wildman–Crippen LogP) is 4.58. The lowest BCUT2D eigenvalue weighted by atomic mass is 10.0. The van der Waals surface area contributed by atoms with Gasteiger partial charge in [0.2, 0.25) is 0 Å². The zero-order valence-electron chi connectivity index (χ0n) is 11.5. The van der Waals surface area contributed by atoms with Crippen LogP contribution in [-0.2, 0) is 0 Å². The second-order valence-corrected chi connectivity index (χ2v) is 4.92. The Kier molecular flexibility index (Phi) is 6.27. The Morgan fingerprint density at radius 2 is 1.72 bits per heavy atom. The van der Waals surface area contributed by atoms with Gasteiger partial charge >= 0.3 is 0 Å². The molecule has 0 aliphatic carbocycles. The second kappa shape index (κ2) is 7.47. The van der Waals surface area contributed by atoms with Crippen molar-refractivity contribution in [2.45, 2.75) is 58.5 Å². The molecule has 1 aromatic rings. The van der Waals surface area contributed by atoms with Gasteiger partial charge in [-0.1, -0.05) is 32.3 Å². The van der Waals surface area contributed by atoms with Crippen LogP contribution < -0.4 is 5.32 Å². The van der Waals surface area contributed by atoms with Gasteiger partial charge in [-0.3, -0.25) is 0 Å². The Hall–Kier alpha value is -0.960. The summed E-state index contributed by atoms with van der Waals surface area (Å²) >= 11 is 0. The molecule has 102 valence electrons. The van der Waals surface area contributed by atoms with Crippen LogP contribution in [0.25, 0.3) is 0 Å². The largest absolute Gasteiger partial charge is 0.308 e. The van der Waals surface area contributed by atoms with E-state index in [2.05, 4.69) is 19.2 Å². The Morgan fingerprint density at radius 1 is 1.11 bits per heavy atom. The van der Waals surface area contributed by atoms with E-state index in [0.717, 1.165) is 12.8 Å². The molecule has 0 fully saturated rings. The average molecular weight is 255 g/mol. The zero-order valence-corrected chi connectivity index (χ0v) is 11.5. The second-order valence-electron chi connectivity index (χ2n) is 4.92. The number of hydrogen-bond donors (Lipinski definition) is 1. The van der Waals surface area contributed by atoms with Crippen molar-refractivity contribution in [2.75, 3.05) is 0 Å². The van der Waals surface area contributed by atoms with Gasteiger partial charge in [0.05, 0.1) is 0 Å². The third kappa shape index (κ3) is 4.37. The number of hydrogen-bond acceptors (Lipinski definition) is 1. The molecule has 2 unspecified atom stereocenters. The maximum atomic E-state index is 13.6.